The summed E-state index contributed by atoms with van der Waals surface area (Å²) in [6.45, 7) is 3.86. The van der Waals surface area contributed by atoms with Crippen LogP contribution in [0.4, 0.5) is 5.69 Å². The SMILES string of the molecule is CCC(Oc1cccc(C)c1)C(=O)Nc1ccccc1C(=O)N(C)C. The third kappa shape index (κ3) is 4.83. The summed E-state index contributed by atoms with van der Waals surface area (Å²) in [6, 6.07) is 14.5. The predicted molar refractivity (Wildman–Crippen MR) is 99.0 cm³/mol. The minimum absolute atomic E-state index is 0.163. The van der Waals surface area contributed by atoms with Crippen molar-refractivity contribution in [2.75, 3.05) is 19.4 Å². The molecule has 1 unspecified atom stereocenters. The average Bonchev–Trinajstić information content (AvgIpc) is 2.59. The molecule has 0 aromatic heterocycles. The van der Waals surface area contributed by atoms with Crippen LogP contribution in [0.2, 0.25) is 0 Å². The van der Waals surface area contributed by atoms with E-state index in [9.17, 15) is 9.59 Å². The van der Waals surface area contributed by atoms with Crippen molar-refractivity contribution in [3.05, 3.63) is 59.7 Å². The first-order valence-electron chi connectivity index (χ1n) is 8.27. The minimum atomic E-state index is -0.635. The molecule has 0 spiro atoms. The topological polar surface area (TPSA) is 58.6 Å². The minimum Gasteiger partial charge on any atom is -0.481 e. The number of carbonyl (C=O) groups is 2. The van der Waals surface area contributed by atoms with Crippen molar-refractivity contribution in [2.45, 2.75) is 26.4 Å². The van der Waals surface area contributed by atoms with E-state index in [1.165, 1.54) is 4.90 Å². The van der Waals surface area contributed by atoms with Crippen LogP contribution in [0.15, 0.2) is 48.5 Å². The molecule has 2 amide bonds. The molecule has 0 aliphatic heterocycles. The van der Waals surface area contributed by atoms with E-state index >= 15 is 0 Å². The summed E-state index contributed by atoms with van der Waals surface area (Å²) in [5.41, 5.74) is 2.00. The number of amides is 2. The van der Waals surface area contributed by atoms with Crippen LogP contribution in [0.1, 0.15) is 29.3 Å². The molecule has 0 aliphatic rings. The molecule has 2 aromatic rings. The van der Waals surface area contributed by atoms with Crippen molar-refractivity contribution in [1.82, 2.24) is 4.90 Å². The first kappa shape index (κ1) is 18.5. The fraction of sp³-hybridized carbons (Fsp3) is 0.300. The van der Waals surface area contributed by atoms with Gasteiger partial charge in [0.05, 0.1) is 11.3 Å². The Kier molecular flexibility index (Phi) is 6.17. The first-order chi connectivity index (χ1) is 11.9. The summed E-state index contributed by atoms with van der Waals surface area (Å²) in [6.07, 6.45) is -0.117. The van der Waals surface area contributed by atoms with Gasteiger partial charge in [-0.2, -0.15) is 0 Å². The highest BCUT2D eigenvalue weighted by Crippen LogP contribution is 2.19. The number of anilines is 1. The number of para-hydroxylation sites is 1. The third-order valence-corrected chi connectivity index (χ3v) is 3.75. The number of rotatable bonds is 6. The Morgan fingerprint density at radius 2 is 1.84 bits per heavy atom. The van der Waals surface area contributed by atoms with Gasteiger partial charge in [0.15, 0.2) is 6.10 Å². The molecule has 0 aliphatic carbocycles. The van der Waals surface area contributed by atoms with Crippen LogP contribution in [0.3, 0.4) is 0 Å². The maximum absolute atomic E-state index is 12.6. The largest absolute Gasteiger partial charge is 0.481 e. The Morgan fingerprint density at radius 1 is 1.12 bits per heavy atom. The molecule has 132 valence electrons. The number of aryl methyl sites for hydroxylation is 1. The molecule has 2 aromatic carbocycles. The maximum atomic E-state index is 12.6. The first-order valence-corrected chi connectivity index (χ1v) is 8.27. The molecule has 0 saturated heterocycles. The van der Waals surface area contributed by atoms with Crippen molar-refractivity contribution in [1.29, 1.82) is 0 Å². The van der Waals surface area contributed by atoms with Crippen LogP contribution in [0, 0.1) is 6.92 Å². The maximum Gasteiger partial charge on any atom is 0.265 e. The summed E-state index contributed by atoms with van der Waals surface area (Å²) >= 11 is 0. The van der Waals surface area contributed by atoms with Crippen molar-refractivity contribution >= 4 is 17.5 Å². The second kappa shape index (κ2) is 8.33. The molecule has 1 N–H and O–H groups in total. The normalized spacial score (nSPS) is 11.5. The second-order valence-electron chi connectivity index (χ2n) is 6.07. The molecule has 0 saturated carbocycles. The smallest absolute Gasteiger partial charge is 0.265 e. The molecule has 1 atom stereocenters. The zero-order chi connectivity index (χ0) is 18.4. The summed E-state index contributed by atoms with van der Waals surface area (Å²) in [4.78, 5) is 26.4. The van der Waals surface area contributed by atoms with Crippen molar-refractivity contribution in [2.24, 2.45) is 0 Å². The Morgan fingerprint density at radius 3 is 2.48 bits per heavy atom. The van der Waals surface area contributed by atoms with Crippen LogP contribution in [-0.2, 0) is 4.79 Å². The lowest BCUT2D eigenvalue weighted by Gasteiger charge is -2.19. The Hall–Kier alpha value is -2.82. The number of nitrogens with one attached hydrogen (secondary N) is 1. The van der Waals surface area contributed by atoms with Gasteiger partial charge in [-0.25, -0.2) is 0 Å². The van der Waals surface area contributed by atoms with E-state index in [0.29, 0.717) is 23.4 Å². The fourth-order valence-corrected chi connectivity index (χ4v) is 2.41. The zero-order valence-corrected chi connectivity index (χ0v) is 15.1. The number of carbonyl (C=O) groups excluding carboxylic acids is 2. The molecule has 0 fully saturated rings. The molecule has 25 heavy (non-hydrogen) atoms. The van der Waals surface area contributed by atoms with Gasteiger partial charge in [-0.1, -0.05) is 31.2 Å². The van der Waals surface area contributed by atoms with E-state index in [-0.39, 0.29) is 11.8 Å². The standard InChI is InChI=1S/C20H24N2O3/c1-5-18(25-15-10-8-9-14(2)13-15)19(23)21-17-12-7-6-11-16(17)20(24)22(3)4/h6-13,18H,5H2,1-4H3,(H,21,23). The third-order valence-electron chi connectivity index (χ3n) is 3.75. The average molecular weight is 340 g/mol. The molecule has 0 bridgehead atoms. The predicted octanol–water partition coefficient (Wildman–Crippen LogP) is 3.49. The van der Waals surface area contributed by atoms with Crippen molar-refractivity contribution in [3.63, 3.8) is 0 Å². The van der Waals surface area contributed by atoms with Crippen LogP contribution in [-0.4, -0.2) is 36.9 Å². The van der Waals surface area contributed by atoms with Crippen LogP contribution < -0.4 is 10.1 Å². The van der Waals surface area contributed by atoms with E-state index in [0.717, 1.165) is 5.56 Å². The Labute approximate surface area is 148 Å². The zero-order valence-electron chi connectivity index (χ0n) is 15.1. The molecular weight excluding hydrogens is 316 g/mol. The van der Waals surface area contributed by atoms with E-state index in [1.54, 1.807) is 38.4 Å². The van der Waals surface area contributed by atoms with Gasteiger partial charge in [0.25, 0.3) is 11.8 Å². The summed E-state index contributed by atoms with van der Waals surface area (Å²) in [5.74, 6) is 0.214. The Balaban J connectivity index is 2.16. The van der Waals surface area contributed by atoms with Gasteiger partial charge in [0, 0.05) is 14.1 Å². The van der Waals surface area contributed by atoms with Gasteiger partial charge in [0.1, 0.15) is 5.75 Å². The lowest BCUT2D eigenvalue weighted by Crippen LogP contribution is -2.33. The molecular formula is C20H24N2O3. The number of nitrogens with zero attached hydrogens (tertiary/aromatic N) is 1. The van der Waals surface area contributed by atoms with E-state index in [4.69, 9.17) is 4.74 Å². The van der Waals surface area contributed by atoms with E-state index < -0.39 is 6.10 Å². The van der Waals surface area contributed by atoms with Crippen LogP contribution in [0.25, 0.3) is 0 Å². The van der Waals surface area contributed by atoms with Gasteiger partial charge in [-0.15, -0.1) is 0 Å². The molecule has 2 rings (SSSR count). The van der Waals surface area contributed by atoms with E-state index in [2.05, 4.69) is 5.32 Å². The van der Waals surface area contributed by atoms with Gasteiger partial charge in [-0.3, -0.25) is 9.59 Å². The van der Waals surface area contributed by atoms with Gasteiger partial charge < -0.3 is 15.0 Å². The highest BCUT2D eigenvalue weighted by atomic mass is 16.5. The summed E-state index contributed by atoms with van der Waals surface area (Å²) < 4.78 is 5.82. The van der Waals surface area contributed by atoms with Gasteiger partial charge in [0.2, 0.25) is 0 Å². The van der Waals surface area contributed by atoms with E-state index in [1.807, 2.05) is 38.1 Å². The molecule has 0 radical (unpaired) electrons. The second-order valence-corrected chi connectivity index (χ2v) is 6.07. The lowest BCUT2D eigenvalue weighted by molar-refractivity contribution is -0.122. The molecule has 0 heterocycles. The van der Waals surface area contributed by atoms with Crippen molar-refractivity contribution in [3.8, 4) is 5.75 Å². The Bertz CT molecular complexity index is 756. The van der Waals surface area contributed by atoms with Gasteiger partial charge >= 0.3 is 0 Å². The number of hydrogen-bond acceptors (Lipinski definition) is 3. The number of ether oxygens (including phenoxy) is 1. The quantitative estimate of drug-likeness (QED) is 0.876. The number of benzene rings is 2. The summed E-state index contributed by atoms with van der Waals surface area (Å²) in [5, 5.41) is 2.82. The summed E-state index contributed by atoms with van der Waals surface area (Å²) in [7, 11) is 3.35. The monoisotopic (exact) mass is 340 g/mol. The number of hydrogen-bond donors (Lipinski definition) is 1. The fourth-order valence-electron chi connectivity index (χ4n) is 2.41. The lowest BCUT2D eigenvalue weighted by atomic mass is 10.1. The highest BCUT2D eigenvalue weighted by Gasteiger charge is 2.21. The highest BCUT2D eigenvalue weighted by molar-refractivity contribution is 6.04. The van der Waals surface area contributed by atoms with Crippen LogP contribution >= 0.6 is 0 Å². The van der Waals surface area contributed by atoms with Crippen molar-refractivity contribution < 1.29 is 14.3 Å². The molecule has 5 nitrogen and oxygen atoms in total. The van der Waals surface area contributed by atoms with Crippen LogP contribution in [0.5, 0.6) is 5.75 Å². The van der Waals surface area contributed by atoms with Gasteiger partial charge in [-0.05, 0) is 43.2 Å². The molecule has 5 heteroatoms.